The molecule has 0 saturated heterocycles. The fraction of sp³-hybridized carbons (Fsp3) is 0.625. The molecule has 0 radical (unpaired) electrons. The second-order valence-electron chi connectivity index (χ2n) is 5.05. The first-order chi connectivity index (χ1) is 9.65. The molecule has 1 rings (SSSR count). The summed E-state index contributed by atoms with van der Waals surface area (Å²) in [5.41, 5.74) is 2.12. The number of ether oxygens (including phenoxy) is 2. The average molecular weight is 281 g/mol. The van der Waals surface area contributed by atoms with Crippen LogP contribution in [0.1, 0.15) is 36.9 Å². The third-order valence-electron chi connectivity index (χ3n) is 3.25. The molecule has 1 unspecified atom stereocenters. The highest BCUT2D eigenvalue weighted by Gasteiger charge is 2.09. The summed E-state index contributed by atoms with van der Waals surface area (Å²) < 4.78 is 10.3. The summed E-state index contributed by atoms with van der Waals surface area (Å²) in [6, 6.07) is 5.86. The van der Waals surface area contributed by atoms with Gasteiger partial charge in [-0.2, -0.15) is 0 Å². The Morgan fingerprint density at radius 2 is 2.00 bits per heavy atom. The number of aromatic hydroxyl groups is 1. The minimum Gasteiger partial charge on any atom is -0.508 e. The van der Waals surface area contributed by atoms with Gasteiger partial charge in [0.2, 0.25) is 0 Å². The molecule has 1 aromatic carbocycles. The summed E-state index contributed by atoms with van der Waals surface area (Å²) in [6.07, 6.45) is 2.09. The van der Waals surface area contributed by atoms with Gasteiger partial charge in [0, 0.05) is 25.3 Å². The molecule has 4 nitrogen and oxygen atoms in total. The SMILES string of the molecule is COCCOCCCCNC(C)c1cc(C)ccc1O. The standard InChI is InChI=1S/C16H27NO3/c1-13-6-7-16(18)15(12-13)14(2)17-8-4-5-9-20-11-10-19-3/h6-7,12,14,17-18H,4-5,8-11H2,1-3H3. The third-order valence-corrected chi connectivity index (χ3v) is 3.25. The zero-order valence-electron chi connectivity index (χ0n) is 12.8. The number of methoxy groups -OCH3 is 1. The zero-order valence-corrected chi connectivity index (χ0v) is 12.8. The molecule has 0 aromatic heterocycles. The Kier molecular flexibility index (Phi) is 8.26. The molecule has 0 aliphatic carbocycles. The van der Waals surface area contributed by atoms with E-state index in [-0.39, 0.29) is 6.04 Å². The molecule has 20 heavy (non-hydrogen) atoms. The Hall–Kier alpha value is -1.10. The van der Waals surface area contributed by atoms with Crippen molar-refractivity contribution in [1.29, 1.82) is 0 Å². The van der Waals surface area contributed by atoms with Crippen molar-refractivity contribution in [2.45, 2.75) is 32.7 Å². The molecule has 0 bridgehead atoms. The number of aryl methyl sites for hydroxylation is 1. The quantitative estimate of drug-likeness (QED) is 0.648. The van der Waals surface area contributed by atoms with Crippen molar-refractivity contribution in [3.05, 3.63) is 29.3 Å². The summed E-state index contributed by atoms with van der Waals surface area (Å²) >= 11 is 0. The van der Waals surface area contributed by atoms with Crippen LogP contribution in [0.5, 0.6) is 5.75 Å². The summed E-state index contributed by atoms with van der Waals surface area (Å²) in [5.74, 6) is 0.360. The van der Waals surface area contributed by atoms with Crippen LogP contribution >= 0.6 is 0 Å². The van der Waals surface area contributed by atoms with Gasteiger partial charge in [-0.25, -0.2) is 0 Å². The lowest BCUT2D eigenvalue weighted by Crippen LogP contribution is -2.20. The Balaban J connectivity index is 2.17. The van der Waals surface area contributed by atoms with Crippen molar-refractivity contribution in [1.82, 2.24) is 5.32 Å². The van der Waals surface area contributed by atoms with E-state index in [9.17, 15) is 5.11 Å². The molecule has 2 N–H and O–H groups in total. The van der Waals surface area contributed by atoms with Gasteiger partial charge < -0.3 is 19.9 Å². The monoisotopic (exact) mass is 281 g/mol. The first kappa shape index (κ1) is 17.0. The van der Waals surface area contributed by atoms with Crippen molar-refractivity contribution in [2.75, 3.05) is 33.5 Å². The molecule has 0 aliphatic heterocycles. The van der Waals surface area contributed by atoms with E-state index in [4.69, 9.17) is 9.47 Å². The van der Waals surface area contributed by atoms with Gasteiger partial charge in [0.1, 0.15) is 5.75 Å². The van der Waals surface area contributed by atoms with Crippen molar-refractivity contribution in [3.8, 4) is 5.75 Å². The van der Waals surface area contributed by atoms with E-state index in [1.807, 2.05) is 19.1 Å². The fourth-order valence-electron chi connectivity index (χ4n) is 2.02. The summed E-state index contributed by atoms with van der Waals surface area (Å²) in [7, 11) is 1.68. The maximum atomic E-state index is 9.86. The maximum absolute atomic E-state index is 9.86. The van der Waals surface area contributed by atoms with Crippen LogP contribution in [0.25, 0.3) is 0 Å². The molecule has 4 heteroatoms. The lowest BCUT2D eigenvalue weighted by atomic mass is 10.0. The molecule has 1 aromatic rings. The number of hydrogen-bond donors (Lipinski definition) is 2. The van der Waals surface area contributed by atoms with E-state index in [2.05, 4.69) is 12.2 Å². The Labute approximate surface area is 122 Å². The molecule has 0 spiro atoms. The van der Waals surface area contributed by atoms with E-state index < -0.39 is 0 Å². The Morgan fingerprint density at radius 3 is 2.75 bits per heavy atom. The molecule has 0 saturated carbocycles. The van der Waals surface area contributed by atoms with Crippen LogP contribution in [0.2, 0.25) is 0 Å². The minimum atomic E-state index is 0.157. The van der Waals surface area contributed by atoms with Crippen LogP contribution in [0.4, 0.5) is 0 Å². The van der Waals surface area contributed by atoms with E-state index >= 15 is 0 Å². The molecule has 0 aliphatic rings. The number of phenols is 1. The average Bonchev–Trinajstić information content (AvgIpc) is 2.44. The van der Waals surface area contributed by atoms with Crippen LogP contribution in [-0.2, 0) is 9.47 Å². The number of hydrogen-bond acceptors (Lipinski definition) is 4. The zero-order chi connectivity index (χ0) is 14.8. The van der Waals surface area contributed by atoms with Crippen LogP contribution < -0.4 is 5.32 Å². The third kappa shape index (κ3) is 6.37. The second-order valence-corrected chi connectivity index (χ2v) is 5.05. The highest BCUT2D eigenvalue weighted by Crippen LogP contribution is 2.24. The largest absolute Gasteiger partial charge is 0.508 e. The second kappa shape index (κ2) is 9.75. The highest BCUT2D eigenvalue weighted by molar-refractivity contribution is 5.37. The Morgan fingerprint density at radius 1 is 1.20 bits per heavy atom. The van der Waals surface area contributed by atoms with Crippen LogP contribution in [0.15, 0.2) is 18.2 Å². The normalized spacial score (nSPS) is 12.6. The maximum Gasteiger partial charge on any atom is 0.120 e. The van der Waals surface area contributed by atoms with Gasteiger partial charge in [-0.3, -0.25) is 0 Å². The van der Waals surface area contributed by atoms with Gasteiger partial charge in [0.15, 0.2) is 0 Å². The first-order valence-electron chi connectivity index (χ1n) is 7.24. The van der Waals surface area contributed by atoms with E-state index in [0.717, 1.165) is 37.1 Å². The first-order valence-corrected chi connectivity index (χ1v) is 7.24. The fourth-order valence-corrected chi connectivity index (χ4v) is 2.02. The molecule has 114 valence electrons. The highest BCUT2D eigenvalue weighted by atomic mass is 16.5. The van der Waals surface area contributed by atoms with Gasteiger partial charge in [0.25, 0.3) is 0 Å². The van der Waals surface area contributed by atoms with Crippen LogP contribution in [0, 0.1) is 6.92 Å². The predicted molar refractivity (Wildman–Crippen MR) is 81.2 cm³/mol. The van der Waals surface area contributed by atoms with Crippen LogP contribution in [-0.4, -0.2) is 38.6 Å². The Bertz CT molecular complexity index is 382. The number of unbranched alkanes of at least 4 members (excludes halogenated alkanes) is 1. The van der Waals surface area contributed by atoms with Gasteiger partial charge in [-0.1, -0.05) is 17.7 Å². The molecule has 1 atom stereocenters. The number of benzene rings is 1. The predicted octanol–water partition coefficient (Wildman–Crippen LogP) is 2.79. The van der Waals surface area contributed by atoms with E-state index in [1.165, 1.54) is 0 Å². The van der Waals surface area contributed by atoms with Gasteiger partial charge >= 0.3 is 0 Å². The number of rotatable bonds is 10. The number of phenolic OH excluding ortho intramolecular Hbond substituents is 1. The molecule has 0 fully saturated rings. The van der Waals surface area contributed by atoms with Crippen molar-refractivity contribution >= 4 is 0 Å². The summed E-state index contributed by atoms with van der Waals surface area (Å²) in [5, 5.41) is 13.3. The molecular weight excluding hydrogens is 254 g/mol. The van der Waals surface area contributed by atoms with E-state index in [1.54, 1.807) is 13.2 Å². The van der Waals surface area contributed by atoms with Crippen molar-refractivity contribution < 1.29 is 14.6 Å². The van der Waals surface area contributed by atoms with Crippen LogP contribution in [0.3, 0.4) is 0 Å². The summed E-state index contributed by atoms with van der Waals surface area (Å²) in [4.78, 5) is 0. The lowest BCUT2D eigenvalue weighted by molar-refractivity contribution is 0.0687. The van der Waals surface area contributed by atoms with E-state index in [0.29, 0.717) is 19.0 Å². The smallest absolute Gasteiger partial charge is 0.120 e. The summed E-state index contributed by atoms with van der Waals surface area (Å²) in [6.45, 7) is 7.12. The molecular formula is C16H27NO3. The molecule has 0 heterocycles. The minimum absolute atomic E-state index is 0.157. The number of nitrogens with one attached hydrogen (secondary N) is 1. The van der Waals surface area contributed by atoms with Gasteiger partial charge in [-0.15, -0.1) is 0 Å². The van der Waals surface area contributed by atoms with Crippen molar-refractivity contribution in [3.63, 3.8) is 0 Å². The topological polar surface area (TPSA) is 50.7 Å². The van der Waals surface area contributed by atoms with Crippen molar-refractivity contribution in [2.24, 2.45) is 0 Å². The van der Waals surface area contributed by atoms with Gasteiger partial charge in [0.05, 0.1) is 13.2 Å². The van der Waals surface area contributed by atoms with Gasteiger partial charge in [-0.05, 0) is 39.3 Å². The molecule has 0 amide bonds. The lowest BCUT2D eigenvalue weighted by Gasteiger charge is -2.16.